The molecule has 0 aliphatic carbocycles. The van der Waals surface area contributed by atoms with Crippen LogP contribution in [0.2, 0.25) is 0 Å². The predicted octanol–water partition coefficient (Wildman–Crippen LogP) is 3.46. The van der Waals surface area contributed by atoms with Crippen LogP contribution in [-0.4, -0.2) is 4.98 Å². The average Bonchev–Trinajstić information content (AvgIpc) is 2.76. The minimum atomic E-state index is 0.531. The second-order valence-corrected chi connectivity index (χ2v) is 4.70. The fraction of sp³-hybridized carbons (Fsp3) is 0.250. The van der Waals surface area contributed by atoms with Crippen LogP contribution in [0.5, 0.6) is 5.75 Å². The number of nitrogens with zero attached hydrogens (tertiary/aromatic N) is 1. The van der Waals surface area contributed by atoms with Crippen LogP contribution in [0.1, 0.15) is 16.3 Å². The van der Waals surface area contributed by atoms with Gasteiger partial charge in [0.15, 0.2) is 0 Å². The smallest absolute Gasteiger partial charge is 0.140 e. The van der Waals surface area contributed by atoms with Gasteiger partial charge in [-0.1, -0.05) is 18.2 Å². The lowest BCUT2D eigenvalue weighted by Crippen LogP contribution is -1.96. The Hall–Kier alpha value is -1.000. The van der Waals surface area contributed by atoms with Gasteiger partial charge in [0, 0.05) is 11.1 Å². The Morgan fingerprint density at radius 2 is 2.19 bits per heavy atom. The maximum atomic E-state index is 5.70. The van der Waals surface area contributed by atoms with Gasteiger partial charge >= 0.3 is 0 Å². The largest absolute Gasteiger partial charge is 0.486 e. The molecule has 0 aliphatic rings. The highest BCUT2D eigenvalue weighted by Gasteiger charge is 2.03. The van der Waals surface area contributed by atoms with Gasteiger partial charge in [-0.25, -0.2) is 4.98 Å². The Morgan fingerprint density at radius 1 is 1.38 bits per heavy atom. The van der Waals surface area contributed by atoms with E-state index in [1.165, 1.54) is 0 Å². The number of hydrogen-bond acceptors (Lipinski definition) is 4. The molecule has 0 saturated carbocycles. The molecule has 0 radical (unpaired) electrons. The first-order valence-electron chi connectivity index (χ1n) is 5.02. The quantitative estimate of drug-likeness (QED) is 0.841. The lowest BCUT2D eigenvalue weighted by molar-refractivity contribution is 0.303. The van der Waals surface area contributed by atoms with Crippen LogP contribution < -0.4 is 4.74 Å². The molecule has 1 heterocycles. The van der Waals surface area contributed by atoms with E-state index >= 15 is 0 Å². The fourth-order valence-corrected chi connectivity index (χ4v) is 2.34. The highest BCUT2D eigenvalue weighted by Crippen LogP contribution is 2.19. The van der Waals surface area contributed by atoms with Crippen molar-refractivity contribution in [2.24, 2.45) is 0 Å². The molecule has 16 heavy (non-hydrogen) atoms. The number of aryl methyl sites for hydroxylation is 1. The van der Waals surface area contributed by atoms with Crippen molar-refractivity contribution in [1.82, 2.24) is 4.98 Å². The minimum Gasteiger partial charge on any atom is -0.486 e. The highest BCUT2D eigenvalue weighted by atomic mass is 32.1. The van der Waals surface area contributed by atoms with Crippen molar-refractivity contribution < 1.29 is 4.74 Å². The molecule has 84 valence electrons. The van der Waals surface area contributed by atoms with Crippen LogP contribution in [-0.2, 0) is 12.4 Å². The number of thiol groups is 1. The topological polar surface area (TPSA) is 22.1 Å². The minimum absolute atomic E-state index is 0.531. The highest BCUT2D eigenvalue weighted by molar-refractivity contribution is 7.79. The maximum Gasteiger partial charge on any atom is 0.140 e. The summed E-state index contributed by atoms with van der Waals surface area (Å²) in [5.74, 6) is 1.60. The van der Waals surface area contributed by atoms with Crippen molar-refractivity contribution in [2.45, 2.75) is 19.3 Å². The second kappa shape index (κ2) is 5.37. The third kappa shape index (κ3) is 2.77. The van der Waals surface area contributed by atoms with E-state index in [0.717, 1.165) is 22.0 Å². The van der Waals surface area contributed by atoms with E-state index in [1.54, 1.807) is 11.3 Å². The van der Waals surface area contributed by atoms with Gasteiger partial charge in [-0.15, -0.1) is 11.3 Å². The lowest BCUT2D eigenvalue weighted by Gasteiger charge is -2.06. The summed E-state index contributed by atoms with van der Waals surface area (Å²) in [6, 6.07) is 7.99. The molecule has 4 heteroatoms. The summed E-state index contributed by atoms with van der Waals surface area (Å²) in [6.07, 6.45) is 0. The van der Waals surface area contributed by atoms with Gasteiger partial charge in [0.05, 0.1) is 5.69 Å². The van der Waals surface area contributed by atoms with Crippen LogP contribution in [0.25, 0.3) is 0 Å². The monoisotopic (exact) mass is 251 g/mol. The van der Waals surface area contributed by atoms with Crippen LogP contribution in [0.3, 0.4) is 0 Å². The summed E-state index contributed by atoms with van der Waals surface area (Å²) < 4.78 is 5.70. The molecule has 2 aromatic rings. The van der Waals surface area contributed by atoms with Gasteiger partial charge in [-0.2, -0.15) is 12.6 Å². The Balaban J connectivity index is 1.99. The standard InChI is InChI=1S/C12H13NOS2/c1-9-4-2-3-5-11(9)14-6-12-13-10(7-15)8-16-12/h2-5,8,15H,6-7H2,1H3. The zero-order valence-electron chi connectivity index (χ0n) is 9.01. The third-order valence-electron chi connectivity index (χ3n) is 2.21. The summed E-state index contributed by atoms with van der Waals surface area (Å²) in [5.41, 5.74) is 2.16. The fourth-order valence-electron chi connectivity index (χ4n) is 1.35. The Labute approximate surface area is 105 Å². The number of rotatable bonds is 4. The van der Waals surface area contributed by atoms with Gasteiger partial charge in [0.25, 0.3) is 0 Å². The molecular weight excluding hydrogens is 238 g/mol. The van der Waals surface area contributed by atoms with Gasteiger partial charge in [0.1, 0.15) is 17.4 Å². The van der Waals surface area contributed by atoms with Gasteiger partial charge in [0.2, 0.25) is 0 Å². The van der Waals surface area contributed by atoms with Crippen LogP contribution in [0.15, 0.2) is 29.6 Å². The zero-order chi connectivity index (χ0) is 11.4. The van der Waals surface area contributed by atoms with E-state index in [2.05, 4.69) is 17.6 Å². The Kier molecular flexibility index (Phi) is 3.85. The predicted molar refractivity (Wildman–Crippen MR) is 70.3 cm³/mol. The van der Waals surface area contributed by atoms with E-state index in [0.29, 0.717) is 12.4 Å². The molecule has 0 unspecified atom stereocenters. The molecule has 0 bridgehead atoms. The summed E-state index contributed by atoms with van der Waals surface area (Å²) in [6.45, 7) is 2.57. The summed E-state index contributed by atoms with van der Waals surface area (Å²) in [5, 5.41) is 3.01. The molecule has 0 amide bonds. The molecule has 1 aromatic heterocycles. The molecule has 0 atom stereocenters. The lowest BCUT2D eigenvalue weighted by atomic mass is 10.2. The molecule has 2 nitrogen and oxygen atoms in total. The van der Waals surface area contributed by atoms with E-state index in [9.17, 15) is 0 Å². The average molecular weight is 251 g/mol. The van der Waals surface area contributed by atoms with Crippen molar-refractivity contribution in [1.29, 1.82) is 0 Å². The van der Waals surface area contributed by atoms with Crippen LogP contribution in [0, 0.1) is 6.92 Å². The Bertz CT molecular complexity index is 468. The SMILES string of the molecule is Cc1ccccc1OCc1nc(CS)cs1. The number of hydrogen-bond donors (Lipinski definition) is 1. The summed E-state index contributed by atoms with van der Waals surface area (Å²) in [4.78, 5) is 4.39. The van der Waals surface area contributed by atoms with Gasteiger partial charge in [-0.3, -0.25) is 0 Å². The molecule has 0 aliphatic heterocycles. The molecule has 0 saturated heterocycles. The first-order valence-corrected chi connectivity index (χ1v) is 6.53. The van der Waals surface area contributed by atoms with Crippen molar-refractivity contribution >= 4 is 24.0 Å². The van der Waals surface area contributed by atoms with Crippen molar-refractivity contribution in [3.63, 3.8) is 0 Å². The van der Waals surface area contributed by atoms with E-state index in [-0.39, 0.29) is 0 Å². The van der Waals surface area contributed by atoms with E-state index < -0.39 is 0 Å². The summed E-state index contributed by atoms with van der Waals surface area (Å²) in [7, 11) is 0. The third-order valence-corrected chi connectivity index (χ3v) is 3.40. The molecule has 1 aromatic carbocycles. The van der Waals surface area contributed by atoms with Gasteiger partial charge in [-0.05, 0) is 18.6 Å². The van der Waals surface area contributed by atoms with Crippen LogP contribution >= 0.6 is 24.0 Å². The van der Waals surface area contributed by atoms with Crippen molar-refractivity contribution in [3.05, 3.63) is 45.9 Å². The molecule has 0 fully saturated rings. The second-order valence-electron chi connectivity index (χ2n) is 3.44. The number of para-hydroxylation sites is 1. The molecule has 0 N–H and O–H groups in total. The van der Waals surface area contributed by atoms with Crippen LogP contribution in [0.4, 0.5) is 0 Å². The first kappa shape index (κ1) is 11.5. The molecular formula is C12H13NOS2. The number of ether oxygens (including phenoxy) is 1. The molecule has 2 rings (SSSR count). The number of benzene rings is 1. The number of thiazole rings is 1. The van der Waals surface area contributed by atoms with Crippen molar-refractivity contribution in [2.75, 3.05) is 0 Å². The van der Waals surface area contributed by atoms with E-state index in [1.807, 2.05) is 36.6 Å². The van der Waals surface area contributed by atoms with Crippen molar-refractivity contribution in [3.8, 4) is 5.75 Å². The maximum absolute atomic E-state index is 5.70. The zero-order valence-corrected chi connectivity index (χ0v) is 10.7. The molecule has 0 spiro atoms. The summed E-state index contributed by atoms with van der Waals surface area (Å²) >= 11 is 5.80. The van der Waals surface area contributed by atoms with E-state index in [4.69, 9.17) is 4.74 Å². The van der Waals surface area contributed by atoms with Gasteiger partial charge < -0.3 is 4.74 Å². The number of aromatic nitrogens is 1. The first-order chi connectivity index (χ1) is 7.79. The Morgan fingerprint density at radius 3 is 2.88 bits per heavy atom. The normalized spacial score (nSPS) is 10.4.